The fraction of sp³-hybridized carbons (Fsp3) is 0.500. The first-order valence-electron chi connectivity index (χ1n) is 8.53. The molecule has 2 heterocycles. The van der Waals surface area contributed by atoms with E-state index >= 15 is 0 Å². The van der Waals surface area contributed by atoms with Crippen molar-refractivity contribution in [1.29, 1.82) is 0 Å². The molecule has 3 rings (SSSR count). The number of nitrogens with zero attached hydrogens (tertiary/aromatic N) is 4. The first-order chi connectivity index (χ1) is 11.8. The lowest BCUT2D eigenvalue weighted by Crippen LogP contribution is -2.33. The largest absolute Gasteiger partial charge is 0.373 e. The zero-order valence-electron chi connectivity index (χ0n) is 15.2. The Morgan fingerprint density at radius 2 is 1.92 bits per heavy atom. The second-order valence-electron chi connectivity index (χ2n) is 7.40. The van der Waals surface area contributed by atoms with Crippen LogP contribution in [0, 0.1) is 0 Å². The van der Waals surface area contributed by atoms with Crippen LogP contribution in [-0.4, -0.2) is 42.8 Å². The Kier molecular flexibility index (Phi) is 4.94. The number of fused-ring (bicyclic) bond motifs is 1. The van der Waals surface area contributed by atoms with Crippen LogP contribution in [0.25, 0.3) is 0 Å². The van der Waals surface area contributed by atoms with E-state index in [2.05, 4.69) is 65.3 Å². The van der Waals surface area contributed by atoms with Crippen LogP contribution in [0.15, 0.2) is 24.3 Å². The zero-order chi connectivity index (χ0) is 18.0. The summed E-state index contributed by atoms with van der Waals surface area (Å²) < 4.78 is 0. The predicted octanol–water partition coefficient (Wildman–Crippen LogP) is 3.12. The van der Waals surface area contributed by atoms with Gasteiger partial charge in [-0.3, -0.25) is 10.1 Å². The fourth-order valence-corrected chi connectivity index (χ4v) is 3.68. The molecule has 7 heteroatoms. The molecule has 1 aliphatic heterocycles. The van der Waals surface area contributed by atoms with Crippen molar-refractivity contribution in [2.75, 3.05) is 41.8 Å². The predicted molar refractivity (Wildman–Crippen MR) is 104 cm³/mol. The van der Waals surface area contributed by atoms with Gasteiger partial charge in [-0.15, -0.1) is 10.2 Å². The Morgan fingerprint density at radius 3 is 2.60 bits per heavy atom. The van der Waals surface area contributed by atoms with Crippen molar-refractivity contribution in [1.82, 2.24) is 10.2 Å². The number of rotatable bonds is 3. The molecule has 0 saturated carbocycles. The van der Waals surface area contributed by atoms with Crippen LogP contribution in [0.3, 0.4) is 0 Å². The zero-order valence-corrected chi connectivity index (χ0v) is 16.1. The monoisotopic (exact) mass is 359 g/mol. The van der Waals surface area contributed by atoms with Crippen molar-refractivity contribution in [2.24, 2.45) is 0 Å². The van der Waals surface area contributed by atoms with Crippen LogP contribution < -0.4 is 15.1 Å². The van der Waals surface area contributed by atoms with Crippen molar-refractivity contribution in [2.45, 2.75) is 32.6 Å². The molecule has 0 aliphatic carbocycles. The van der Waals surface area contributed by atoms with Gasteiger partial charge in [0.2, 0.25) is 11.0 Å². The molecular formula is C18H25N5OS. The van der Waals surface area contributed by atoms with E-state index in [4.69, 9.17) is 0 Å². The number of hydrogen-bond donors (Lipinski definition) is 1. The summed E-state index contributed by atoms with van der Waals surface area (Å²) in [6.45, 7) is 8.42. The fourth-order valence-electron chi connectivity index (χ4n) is 2.87. The summed E-state index contributed by atoms with van der Waals surface area (Å²) in [5.41, 5.74) is 2.21. The maximum absolute atomic E-state index is 12.5. The quantitative estimate of drug-likeness (QED) is 0.912. The highest BCUT2D eigenvalue weighted by molar-refractivity contribution is 7.15. The van der Waals surface area contributed by atoms with Crippen molar-refractivity contribution in [3.8, 4) is 0 Å². The van der Waals surface area contributed by atoms with Crippen molar-refractivity contribution >= 4 is 33.8 Å². The molecule has 0 saturated heterocycles. The Bertz CT molecular complexity index is 752. The number of aromatic nitrogens is 2. The van der Waals surface area contributed by atoms with E-state index in [1.807, 2.05) is 12.1 Å². The standard InChI is InChI=1S/C18H25N5OS/c1-18(2,3)16-20-21-17(25-16)19-15(24)12-23-11-7-10-22(4)13-8-5-6-9-14(13)23/h5-6,8-9H,7,10-12H2,1-4H3,(H,19,21,24). The number of carbonyl (C=O) groups is 1. The highest BCUT2D eigenvalue weighted by atomic mass is 32.1. The molecule has 1 aromatic heterocycles. The Labute approximate surface area is 152 Å². The highest BCUT2D eigenvalue weighted by Crippen LogP contribution is 2.31. The van der Waals surface area contributed by atoms with Crippen LogP contribution in [0.1, 0.15) is 32.2 Å². The van der Waals surface area contributed by atoms with Gasteiger partial charge in [0, 0.05) is 25.6 Å². The maximum Gasteiger partial charge on any atom is 0.245 e. The van der Waals surface area contributed by atoms with E-state index < -0.39 is 0 Å². The third-order valence-corrected chi connectivity index (χ3v) is 5.47. The second kappa shape index (κ2) is 7.00. The normalized spacial score (nSPS) is 14.9. The van der Waals surface area contributed by atoms with Gasteiger partial charge in [-0.25, -0.2) is 0 Å². The first-order valence-corrected chi connectivity index (χ1v) is 9.35. The van der Waals surface area contributed by atoms with Crippen LogP contribution in [-0.2, 0) is 10.2 Å². The molecular weight excluding hydrogens is 334 g/mol. The molecule has 0 radical (unpaired) electrons. The Hall–Kier alpha value is -2.15. The van der Waals surface area contributed by atoms with Gasteiger partial charge in [-0.2, -0.15) is 0 Å². The molecule has 6 nitrogen and oxygen atoms in total. The third kappa shape index (κ3) is 4.10. The van der Waals surface area contributed by atoms with E-state index in [9.17, 15) is 4.79 Å². The van der Waals surface area contributed by atoms with Crippen LogP contribution in [0.2, 0.25) is 0 Å². The summed E-state index contributed by atoms with van der Waals surface area (Å²) in [4.78, 5) is 16.9. The van der Waals surface area contributed by atoms with E-state index in [1.165, 1.54) is 17.0 Å². The number of para-hydroxylation sites is 2. The molecule has 0 fully saturated rings. The number of benzene rings is 1. The third-order valence-electron chi connectivity index (χ3n) is 4.20. The van der Waals surface area contributed by atoms with Gasteiger partial charge < -0.3 is 9.80 Å². The summed E-state index contributed by atoms with van der Waals surface area (Å²) in [6, 6.07) is 8.23. The molecule has 1 aromatic carbocycles. The average molecular weight is 359 g/mol. The molecule has 2 aromatic rings. The summed E-state index contributed by atoms with van der Waals surface area (Å²) in [5, 5.41) is 12.7. The average Bonchev–Trinajstić information content (AvgIpc) is 2.96. The minimum atomic E-state index is -0.0606. The molecule has 1 aliphatic rings. The van der Waals surface area contributed by atoms with Crippen LogP contribution in [0.5, 0.6) is 0 Å². The van der Waals surface area contributed by atoms with E-state index in [1.54, 1.807) is 0 Å². The van der Waals surface area contributed by atoms with Gasteiger partial charge in [0.25, 0.3) is 0 Å². The maximum atomic E-state index is 12.5. The van der Waals surface area contributed by atoms with Crippen LogP contribution >= 0.6 is 11.3 Å². The van der Waals surface area contributed by atoms with E-state index in [0.29, 0.717) is 11.7 Å². The molecule has 134 valence electrons. The smallest absolute Gasteiger partial charge is 0.245 e. The molecule has 25 heavy (non-hydrogen) atoms. The van der Waals surface area contributed by atoms with Gasteiger partial charge >= 0.3 is 0 Å². The second-order valence-corrected chi connectivity index (χ2v) is 8.37. The van der Waals surface area contributed by atoms with Crippen molar-refractivity contribution in [3.63, 3.8) is 0 Å². The number of carbonyl (C=O) groups excluding carboxylic acids is 1. The molecule has 1 N–H and O–H groups in total. The summed E-state index contributed by atoms with van der Waals surface area (Å²) >= 11 is 1.44. The minimum Gasteiger partial charge on any atom is -0.373 e. The molecule has 1 amide bonds. The molecule has 0 unspecified atom stereocenters. The topological polar surface area (TPSA) is 61.4 Å². The number of hydrogen-bond acceptors (Lipinski definition) is 6. The minimum absolute atomic E-state index is 0.0593. The molecule has 0 bridgehead atoms. The number of amides is 1. The van der Waals surface area contributed by atoms with Crippen LogP contribution in [0.4, 0.5) is 16.5 Å². The summed E-state index contributed by atoms with van der Waals surface area (Å²) in [7, 11) is 2.09. The van der Waals surface area contributed by atoms with E-state index in [0.717, 1.165) is 30.2 Å². The number of anilines is 3. The lowest BCUT2D eigenvalue weighted by atomic mass is 9.98. The molecule has 0 spiro atoms. The van der Waals surface area contributed by atoms with Gasteiger partial charge in [0.1, 0.15) is 5.01 Å². The van der Waals surface area contributed by atoms with Gasteiger partial charge in [-0.1, -0.05) is 44.2 Å². The lowest BCUT2D eigenvalue weighted by molar-refractivity contribution is -0.115. The molecule has 0 atom stereocenters. The van der Waals surface area contributed by atoms with Gasteiger partial charge in [0.05, 0.1) is 17.9 Å². The SMILES string of the molecule is CN1CCCN(CC(=O)Nc2nnc(C(C)(C)C)s2)c2ccccc21. The van der Waals surface area contributed by atoms with E-state index in [-0.39, 0.29) is 11.3 Å². The van der Waals surface area contributed by atoms with Gasteiger partial charge in [-0.05, 0) is 18.6 Å². The Morgan fingerprint density at radius 1 is 1.20 bits per heavy atom. The summed E-state index contributed by atoms with van der Waals surface area (Å²) in [6.07, 6.45) is 1.02. The summed E-state index contributed by atoms with van der Waals surface area (Å²) in [5.74, 6) is -0.0593. The van der Waals surface area contributed by atoms with Gasteiger partial charge in [0.15, 0.2) is 0 Å². The Balaban J connectivity index is 1.70. The highest BCUT2D eigenvalue weighted by Gasteiger charge is 2.22. The first kappa shape index (κ1) is 17.7. The number of nitrogens with one attached hydrogen (secondary N) is 1. The van der Waals surface area contributed by atoms with Crippen molar-refractivity contribution < 1.29 is 4.79 Å². The lowest BCUT2D eigenvalue weighted by Gasteiger charge is -2.25. The van der Waals surface area contributed by atoms with Crippen molar-refractivity contribution in [3.05, 3.63) is 29.3 Å².